The second kappa shape index (κ2) is 10.6. The Morgan fingerprint density at radius 1 is 1.06 bits per heavy atom. The maximum atomic E-state index is 12.8. The summed E-state index contributed by atoms with van der Waals surface area (Å²) in [5, 5.41) is 12.0. The van der Waals surface area contributed by atoms with E-state index in [9.17, 15) is 4.79 Å². The molecular weight excluding hydrogens is 406 g/mol. The first-order valence-electron chi connectivity index (χ1n) is 11.5. The van der Waals surface area contributed by atoms with Crippen molar-refractivity contribution in [3.63, 3.8) is 0 Å². The molecule has 0 unspecified atom stereocenters. The van der Waals surface area contributed by atoms with Crippen LogP contribution in [0, 0.1) is 5.92 Å². The lowest BCUT2D eigenvalue weighted by molar-refractivity contribution is -0.125. The standard InChI is InChI=1S/C24H33N5O3/c1-18(2)32-21-7-5-19(6-8-21)16-25-24(30)20-4-3-11-29(17-20)23-10-9-22(26-27-23)28-12-14-31-15-13-28/h5-10,18,20H,3-4,11-17H2,1-2H3,(H,25,30)/t20-/m1/s1. The van der Waals surface area contributed by atoms with Gasteiger partial charge in [0.25, 0.3) is 0 Å². The van der Waals surface area contributed by atoms with Crippen molar-refractivity contribution < 1.29 is 14.3 Å². The predicted octanol–water partition coefficient (Wildman–Crippen LogP) is 2.63. The molecule has 0 saturated carbocycles. The zero-order chi connectivity index (χ0) is 22.3. The summed E-state index contributed by atoms with van der Waals surface area (Å²) in [6, 6.07) is 11.9. The quantitative estimate of drug-likeness (QED) is 0.710. The topological polar surface area (TPSA) is 79.8 Å². The molecular formula is C24H33N5O3. The van der Waals surface area contributed by atoms with Crippen molar-refractivity contribution in [1.82, 2.24) is 15.5 Å². The molecule has 0 aliphatic carbocycles. The second-order valence-corrected chi connectivity index (χ2v) is 8.66. The smallest absolute Gasteiger partial charge is 0.225 e. The van der Waals surface area contributed by atoms with Crippen LogP contribution >= 0.6 is 0 Å². The monoisotopic (exact) mass is 439 g/mol. The van der Waals surface area contributed by atoms with Gasteiger partial charge in [0.1, 0.15) is 5.75 Å². The fourth-order valence-corrected chi connectivity index (χ4v) is 4.14. The van der Waals surface area contributed by atoms with Gasteiger partial charge < -0.3 is 24.6 Å². The molecule has 1 N–H and O–H groups in total. The fraction of sp³-hybridized carbons (Fsp3) is 0.542. The average molecular weight is 440 g/mol. The van der Waals surface area contributed by atoms with Crippen LogP contribution in [0.2, 0.25) is 0 Å². The number of carbonyl (C=O) groups is 1. The molecule has 1 aromatic heterocycles. The molecule has 32 heavy (non-hydrogen) atoms. The summed E-state index contributed by atoms with van der Waals surface area (Å²) in [6.45, 7) is 9.22. The zero-order valence-corrected chi connectivity index (χ0v) is 19.0. The minimum Gasteiger partial charge on any atom is -0.491 e. The van der Waals surface area contributed by atoms with E-state index in [-0.39, 0.29) is 17.9 Å². The molecule has 0 bridgehead atoms. The van der Waals surface area contributed by atoms with Crippen molar-refractivity contribution in [1.29, 1.82) is 0 Å². The van der Waals surface area contributed by atoms with Gasteiger partial charge in [0.2, 0.25) is 5.91 Å². The van der Waals surface area contributed by atoms with Crippen molar-refractivity contribution in [2.45, 2.75) is 39.3 Å². The minimum atomic E-state index is -0.0481. The van der Waals surface area contributed by atoms with E-state index < -0.39 is 0 Å². The lowest BCUT2D eigenvalue weighted by Gasteiger charge is -2.33. The van der Waals surface area contributed by atoms with Crippen LogP contribution in [0.3, 0.4) is 0 Å². The van der Waals surface area contributed by atoms with Gasteiger partial charge in [-0.15, -0.1) is 10.2 Å². The van der Waals surface area contributed by atoms with Crippen LogP contribution in [0.4, 0.5) is 11.6 Å². The Morgan fingerprint density at radius 3 is 2.41 bits per heavy atom. The highest BCUT2D eigenvalue weighted by atomic mass is 16.5. The third-order valence-electron chi connectivity index (χ3n) is 5.85. The summed E-state index contributed by atoms with van der Waals surface area (Å²) < 4.78 is 11.1. The first-order valence-corrected chi connectivity index (χ1v) is 11.5. The van der Waals surface area contributed by atoms with Gasteiger partial charge in [0, 0.05) is 32.7 Å². The number of carbonyl (C=O) groups excluding carboxylic acids is 1. The molecule has 2 saturated heterocycles. The Hall–Kier alpha value is -2.87. The normalized spacial score (nSPS) is 19.2. The number of nitrogens with one attached hydrogen (secondary N) is 1. The number of piperidine rings is 1. The van der Waals surface area contributed by atoms with Crippen LogP contribution < -0.4 is 19.9 Å². The van der Waals surface area contributed by atoms with E-state index in [1.807, 2.05) is 50.2 Å². The molecule has 2 fully saturated rings. The molecule has 0 radical (unpaired) electrons. The van der Waals surface area contributed by atoms with Gasteiger partial charge in [0.15, 0.2) is 11.6 Å². The van der Waals surface area contributed by atoms with Gasteiger partial charge in [0.05, 0.1) is 25.2 Å². The minimum absolute atomic E-state index is 0.0481. The molecule has 2 aromatic rings. The van der Waals surface area contributed by atoms with E-state index in [0.717, 1.165) is 68.6 Å². The number of nitrogens with zero attached hydrogens (tertiary/aromatic N) is 4. The molecule has 172 valence electrons. The maximum absolute atomic E-state index is 12.8. The van der Waals surface area contributed by atoms with Crippen LogP contribution in [-0.4, -0.2) is 61.6 Å². The van der Waals surface area contributed by atoms with E-state index in [1.54, 1.807) is 0 Å². The number of morpholine rings is 1. The first-order chi connectivity index (χ1) is 15.6. The molecule has 8 nitrogen and oxygen atoms in total. The number of rotatable bonds is 7. The number of hydrogen-bond acceptors (Lipinski definition) is 7. The fourth-order valence-electron chi connectivity index (χ4n) is 4.14. The van der Waals surface area contributed by atoms with Gasteiger partial charge in [-0.05, 0) is 56.5 Å². The van der Waals surface area contributed by atoms with Crippen molar-refractivity contribution in [3.05, 3.63) is 42.0 Å². The van der Waals surface area contributed by atoms with Gasteiger partial charge in [-0.25, -0.2) is 0 Å². The molecule has 1 aromatic carbocycles. The van der Waals surface area contributed by atoms with Crippen molar-refractivity contribution in [2.24, 2.45) is 5.92 Å². The summed E-state index contributed by atoms with van der Waals surface area (Å²) in [6.07, 6.45) is 2.00. The molecule has 8 heteroatoms. The highest BCUT2D eigenvalue weighted by Crippen LogP contribution is 2.23. The van der Waals surface area contributed by atoms with Crippen molar-refractivity contribution in [3.8, 4) is 5.75 Å². The number of aromatic nitrogens is 2. The molecule has 1 amide bonds. The molecule has 2 aliphatic heterocycles. The van der Waals surface area contributed by atoms with E-state index in [0.29, 0.717) is 13.1 Å². The maximum Gasteiger partial charge on any atom is 0.225 e. The molecule has 2 aliphatic rings. The van der Waals surface area contributed by atoms with Crippen molar-refractivity contribution in [2.75, 3.05) is 49.2 Å². The third kappa shape index (κ3) is 5.88. The van der Waals surface area contributed by atoms with Crippen LogP contribution in [0.15, 0.2) is 36.4 Å². The number of ether oxygens (including phenoxy) is 2. The SMILES string of the molecule is CC(C)Oc1ccc(CNC(=O)[C@@H]2CCCN(c3ccc(N4CCOCC4)nn3)C2)cc1. The van der Waals surface area contributed by atoms with E-state index >= 15 is 0 Å². The predicted molar refractivity (Wildman–Crippen MR) is 124 cm³/mol. The summed E-state index contributed by atoms with van der Waals surface area (Å²) in [5.41, 5.74) is 1.06. The summed E-state index contributed by atoms with van der Waals surface area (Å²) in [7, 11) is 0. The summed E-state index contributed by atoms with van der Waals surface area (Å²) in [5.74, 6) is 2.61. The summed E-state index contributed by atoms with van der Waals surface area (Å²) in [4.78, 5) is 17.2. The number of amides is 1. The highest BCUT2D eigenvalue weighted by molar-refractivity contribution is 5.79. The Labute approximate surface area is 189 Å². The Balaban J connectivity index is 1.29. The zero-order valence-electron chi connectivity index (χ0n) is 19.0. The van der Waals surface area contributed by atoms with E-state index in [4.69, 9.17) is 9.47 Å². The van der Waals surface area contributed by atoms with Crippen LogP contribution in [0.25, 0.3) is 0 Å². The largest absolute Gasteiger partial charge is 0.491 e. The van der Waals surface area contributed by atoms with Crippen LogP contribution in [0.5, 0.6) is 5.75 Å². The first kappa shape index (κ1) is 22.3. The average Bonchev–Trinajstić information content (AvgIpc) is 2.84. The third-order valence-corrected chi connectivity index (χ3v) is 5.85. The van der Waals surface area contributed by atoms with Gasteiger partial charge in [-0.3, -0.25) is 4.79 Å². The Morgan fingerprint density at radius 2 is 1.75 bits per heavy atom. The van der Waals surface area contributed by atoms with Crippen LogP contribution in [-0.2, 0) is 16.1 Å². The second-order valence-electron chi connectivity index (χ2n) is 8.66. The lowest BCUT2D eigenvalue weighted by Crippen LogP contribution is -2.43. The summed E-state index contributed by atoms with van der Waals surface area (Å²) >= 11 is 0. The molecule has 4 rings (SSSR count). The van der Waals surface area contributed by atoms with Gasteiger partial charge in [-0.1, -0.05) is 12.1 Å². The number of benzene rings is 1. The highest BCUT2D eigenvalue weighted by Gasteiger charge is 2.27. The molecule has 1 atom stereocenters. The lowest BCUT2D eigenvalue weighted by atomic mass is 9.97. The molecule has 3 heterocycles. The van der Waals surface area contributed by atoms with E-state index in [1.165, 1.54) is 0 Å². The van der Waals surface area contributed by atoms with Gasteiger partial charge in [-0.2, -0.15) is 0 Å². The Kier molecular flexibility index (Phi) is 7.42. The van der Waals surface area contributed by atoms with Crippen LogP contribution in [0.1, 0.15) is 32.3 Å². The molecule has 0 spiro atoms. The van der Waals surface area contributed by atoms with Crippen molar-refractivity contribution >= 4 is 17.5 Å². The number of hydrogen-bond donors (Lipinski definition) is 1. The Bertz CT molecular complexity index is 866. The van der Waals surface area contributed by atoms with Gasteiger partial charge >= 0.3 is 0 Å². The number of anilines is 2. The van der Waals surface area contributed by atoms with E-state index in [2.05, 4.69) is 25.3 Å².